The maximum absolute atomic E-state index is 6.19. The molecule has 0 aliphatic carbocycles. The van der Waals surface area contributed by atoms with Crippen LogP contribution in [-0.4, -0.2) is 28.5 Å². The van der Waals surface area contributed by atoms with E-state index in [0.29, 0.717) is 23.5 Å². The van der Waals surface area contributed by atoms with Crippen LogP contribution in [0.25, 0.3) is 11.4 Å². The Morgan fingerprint density at radius 1 is 1.33 bits per heavy atom. The van der Waals surface area contributed by atoms with Gasteiger partial charge in [0.1, 0.15) is 5.82 Å². The number of ether oxygens (including phenoxy) is 1. The Morgan fingerprint density at radius 3 is 2.78 bits per heavy atom. The van der Waals surface area contributed by atoms with E-state index in [2.05, 4.69) is 26.1 Å². The molecule has 0 unspecified atom stereocenters. The van der Waals surface area contributed by atoms with E-state index in [0.717, 1.165) is 17.2 Å². The van der Waals surface area contributed by atoms with Gasteiger partial charge < -0.3 is 9.30 Å². The summed E-state index contributed by atoms with van der Waals surface area (Å²) < 4.78 is 7.12. The molecule has 0 bridgehead atoms. The average molecular weight is 331 g/mol. The number of methoxy groups -OCH3 is 1. The lowest BCUT2D eigenvalue weighted by Crippen LogP contribution is -2.09. The van der Waals surface area contributed by atoms with E-state index in [1.165, 1.54) is 0 Å². The standard InChI is InChI=1S/C12H13BrClN3O/c1-18-7-6-17-11(8-13)15-16-12(17)9-4-2-3-5-10(9)14/h2-5H,6-8H2,1H3. The fourth-order valence-electron chi connectivity index (χ4n) is 1.69. The van der Waals surface area contributed by atoms with E-state index in [-0.39, 0.29) is 0 Å². The van der Waals surface area contributed by atoms with Gasteiger partial charge in [-0.05, 0) is 12.1 Å². The SMILES string of the molecule is COCCn1c(CBr)nnc1-c1ccccc1Cl. The van der Waals surface area contributed by atoms with Crippen LogP contribution in [0.3, 0.4) is 0 Å². The molecule has 96 valence electrons. The number of halogens is 2. The average Bonchev–Trinajstić information content (AvgIpc) is 2.79. The third-order valence-electron chi connectivity index (χ3n) is 2.58. The molecule has 0 fully saturated rings. The highest BCUT2D eigenvalue weighted by Gasteiger charge is 2.14. The third kappa shape index (κ3) is 2.74. The van der Waals surface area contributed by atoms with E-state index in [4.69, 9.17) is 16.3 Å². The van der Waals surface area contributed by atoms with Gasteiger partial charge in [-0.15, -0.1) is 10.2 Å². The van der Waals surface area contributed by atoms with Crippen LogP contribution < -0.4 is 0 Å². The highest BCUT2D eigenvalue weighted by Crippen LogP contribution is 2.26. The summed E-state index contributed by atoms with van der Waals surface area (Å²) in [5.74, 6) is 1.63. The number of nitrogens with zero attached hydrogens (tertiary/aromatic N) is 3. The van der Waals surface area contributed by atoms with Crippen molar-refractivity contribution >= 4 is 27.5 Å². The van der Waals surface area contributed by atoms with Gasteiger partial charge in [-0.2, -0.15) is 0 Å². The Kier molecular flexibility index (Phi) is 4.74. The van der Waals surface area contributed by atoms with Crippen molar-refractivity contribution in [3.05, 3.63) is 35.1 Å². The van der Waals surface area contributed by atoms with Crippen LogP contribution in [0.1, 0.15) is 5.82 Å². The predicted octanol–water partition coefficient (Wildman–Crippen LogP) is 3.14. The second kappa shape index (κ2) is 6.31. The van der Waals surface area contributed by atoms with Crippen LogP contribution >= 0.6 is 27.5 Å². The minimum absolute atomic E-state index is 0.607. The molecule has 0 aliphatic rings. The topological polar surface area (TPSA) is 39.9 Å². The number of alkyl halides is 1. The van der Waals surface area contributed by atoms with Crippen molar-refractivity contribution in [2.24, 2.45) is 0 Å². The van der Waals surface area contributed by atoms with Gasteiger partial charge in [0.2, 0.25) is 0 Å². The number of aromatic nitrogens is 3. The van der Waals surface area contributed by atoms with Crippen molar-refractivity contribution in [1.82, 2.24) is 14.8 Å². The maximum atomic E-state index is 6.19. The van der Waals surface area contributed by atoms with Crippen LogP contribution in [0.15, 0.2) is 24.3 Å². The molecule has 0 atom stereocenters. The van der Waals surface area contributed by atoms with Crippen LogP contribution in [-0.2, 0) is 16.6 Å². The molecule has 0 aliphatic heterocycles. The minimum atomic E-state index is 0.607. The third-order valence-corrected chi connectivity index (χ3v) is 3.41. The van der Waals surface area contributed by atoms with Crippen molar-refractivity contribution in [3.63, 3.8) is 0 Å². The molecule has 2 rings (SSSR count). The fourth-order valence-corrected chi connectivity index (χ4v) is 2.33. The molecule has 4 nitrogen and oxygen atoms in total. The molecule has 0 amide bonds. The number of hydrogen-bond donors (Lipinski definition) is 0. The van der Waals surface area contributed by atoms with Gasteiger partial charge in [0.05, 0.1) is 17.0 Å². The van der Waals surface area contributed by atoms with Gasteiger partial charge in [0.15, 0.2) is 5.82 Å². The summed E-state index contributed by atoms with van der Waals surface area (Å²) in [5, 5.41) is 9.69. The molecule has 0 saturated carbocycles. The maximum Gasteiger partial charge on any atom is 0.165 e. The molecule has 1 aromatic heterocycles. The number of hydrogen-bond acceptors (Lipinski definition) is 3. The molecule has 0 N–H and O–H groups in total. The number of rotatable bonds is 5. The second-order valence-corrected chi connectivity index (χ2v) is 4.67. The van der Waals surface area contributed by atoms with Crippen molar-refractivity contribution in [1.29, 1.82) is 0 Å². The van der Waals surface area contributed by atoms with Gasteiger partial charge in [-0.1, -0.05) is 39.7 Å². The lowest BCUT2D eigenvalue weighted by molar-refractivity contribution is 0.187. The molecule has 0 spiro atoms. The van der Waals surface area contributed by atoms with Crippen molar-refractivity contribution in [2.45, 2.75) is 11.9 Å². The summed E-state index contributed by atoms with van der Waals surface area (Å²) in [6, 6.07) is 7.62. The lowest BCUT2D eigenvalue weighted by Gasteiger charge is -2.09. The highest BCUT2D eigenvalue weighted by molar-refractivity contribution is 9.08. The summed E-state index contributed by atoms with van der Waals surface area (Å²) in [4.78, 5) is 0. The van der Waals surface area contributed by atoms with Gasteiger partial charge in [-0.3, -0.25) is 0 Å². The van der Waals surface area contributed by atoms with Crippen LogP contribution in [0.2, 0.25) is 5.02 Å². The molecule has 0 saturated heterocycles. The van der Waals surface area contributed by atoms with E-state index in [1.54, 1.807) is 7.11 Å². The van der Waals surface area contributed by atoms with E-state index in [9.17, 15) is 0 Å². The lowest BCUT2D eigenvalue weighted by atomic mass is 10.2. The summed E-state index contributed by atoms with van der Waals surface area (Å²) in [7, 11) is 1.67. The Labute approximate surface area is 119 Å². The summed E-state index contributed by atoms with van der Waals surface area (Å²) in [6.45, 7) is 1.31. The van der Waals surface area contributed by atoms with Crippen LogP contribution in [0.5, 0.6) is 0 Å². The van der Waals surface area contributed by atoms with Crippen LogP contribution in [0, 0.1) is 0 Å². The first-order valence-electron chi connectivity index (χ1n) is 5.49. The molecule has 1 aromatic carbocycles. The number of benzene rings is 1. The van der Waals surface area contributed by atoms with Gasteiger partial charge in [0, 0.05) is 19.2 Å². The van der Waals surface area contributed by atoms with Crippen LogP contribution in [0.4, 0.5) is 0 Å². The second-order valence-electron chi connectivity index (χ2n) is 3.70. The molecule has 18 heavy (non-hydrogen) atoms. The zero-order valence-corrected chi connectivity index (χ0v) is 12.3. The molecule has 0 radical (unpaired) electrons. The summed E-state index contributed by atoms with van der Waals surface area (Å²) >= 11 is 9.60. The Bertz CT molecular complexity index is 530. The van der Waals surface area contributed by atoms with Gasteiger partial charge in [0.25, 0.3) is 0 Å². The molecule has 2 aromatic rings. The normalized spacial score (nSPS) is 10.8. The Morgan fingerprint density at radius 2 is 2.11 bits per heavy atom. The monoisotopic (exact) mass is 329 g/mol. The first kappa shape index (κ1) is 13.5. The van der Waals surface area contributed by atoms with E-state index in [1.807, 2.05) is 28.8 Å². The highest BCUT2D eigenvalue weighted by atomic mass is 79.9. The molecule has 1 heterocycles. The van der Waals surface area contributed by atoms with E-state index < -0.39 is 0 Å². The van der Waals surface area contributed by atoms with Crippen molar-refractivity contribution in [3.8, 4) is 11.4 Å². The van der Waals surface area contributed by atoms with Crippen molar-refractivity contribution in [2.75, 3.05) is 13.7 Å². The Hall–Kier alpha value is -0.910. The Balaban J connectivity index is 2.44. The molecular weight excluding hydrogens is 318 g/mol. The molecule has 6 heteroatoms. The quantitative estimate of drug-likeness (QED) is 0.791. The zero-order chi connectivity index (χ0) is 13.0. The molecular formula is C12H13BrClN3O. The minimum Gasteiger partial charge on any atom is -0.383 e. The largest absolute Gasteiger partial charge is 0.383 e. The van der Waals surface area contributed by atoms with Crippen molar-refractivity contribution < 1.29 is 4.74 Å². The first-order chi connectivity index (χ1) is 8.77. The smallest absolute Gasteiger partial charge is 0.165 e. The van der Waals surface area contributed by atoms with Gasteiger partial charge in [-0.25, -0.2) is 0 Å². The summed E-state index contributed by atoms with van der Waals surface area (Å²) in [5.41, 5.74) is 0.884. The fraction of sp³-hybridized carbons (Fsp3) is 0.333. The first-order valence-corrected chi connectivity index (χ1v) is 6.99. The predicted molar refractivity (Wildman–Crippen MR) is 75.0 cm³/mol. The zero-order valence-electron chi connectivity index (χ0n) is 9.94. The van der Waals surface area contributed by atoms with Gasteiger partial charge >= 0.3 is 0 Å². The van der Waals surface area contributed by atoms with E-state index >= 15 is 0 Å². The summed E-state index contributed by atoms with van der Waals surface area (Å²) in [6.07, 6.45) is 0.